The average molecular weight is 247 g/mol. The summed E-state index contributed by atoms with van der Waals surface area (Å²) >= 11 is 0. The molecule has 1 aromatic rings. The smallest absolute Gasteiger partial charge is 0.264 e. The first-order valence-corrected chi connectivity index (χ1v) is 6.57. The number of likely N-dealkylation sites (tertiary alicyclic amines) is 1. The van der Waals surface area contributed by atoms with E-state index >= 15 is 0 Å². The Balaban J connectivity index is 1.95. The van der Waals surface area contributed by atoms with E-state index in [9.17, 15) is 9.59 Å². The van der Waals surface area contributed by atoms with Gasteiger partial charge < -0.3 is 9.88 Å². The number of aromatic nitrogens is 2. The number of H-pyrrole nitrogens is 1. The second-order valence-electron chi connectivity index (χ2n) is 5.19. The third-order valence-electron chi connectivity index (χ3n) is 3.69. The van der Waals surface area contributed by atoms with Crippen molar-refractivity contribution >= 4 is 5.91 Å². The standard InChI is InChI=1S/C13H17N3O2/c1-8-10(13(18)16-6-2-3-7-16)12(17)15-11(14-8)9-4-5-9/h9H,2-7H2,1H3,(H,14,15,17). The van der Waals surface area contributed by atoms with Gasteiger partial charge in [-0.1, -0.05) is 0 Å². The molecule has 1 saturated heterocycles. The van der Waals surface area contributed by atoms with E-state index in [1.54, 1.807) is 11.8 Å². The van der Waals surface area contributed by atoms with Crippen LogP contribution in [-0.4, -0.2) is 33.9 Å². The van der Waals surface area contributed by atoms with E-state index in [1.165, 1.54) is 0 Å². The maximum absolute atomic E-state index is 12.3. The van der Waals surface area contributed by atoms with E-state index in [4.69, 9.17) is 0 Å². The van der Waals surface area contributed by atoms with Gasteiger partial charge in [-0.2, -0.15) is 0 Å². The van der Waals surface area contributed by atoms with Gasteiger partial charge in [0.15, 0.2) is 0 Å². The number of amides is 1. The van der Waals surface area contributed by atoms with Gasteiger partial charge in [-0.25, -0.2) is 4.98 Å². The van der Waals surface area contributed by atoms with Crippen LogP contribution in [0, 0.1) is 6.92 Å². The molecule has 1 aromatic heterocycles. The summed E-state index contributed by atoms with van der Waals surface area (Å²) in [6, 6.07) is 0. The van der Waals surface area contributed by atoms with Crippen LogP contribution in [0.5, 0.6) is 0 Å². The minimum atomic E-state index is -0.277. The maximum atomic E-state index is 12.3. The molecule has 1 amide bonds. The molecule has 0 unspecified atom stereocenters. The average Bonchev–Trinajstić information content (AvgIpc) is 3.03. The van der Waals surface area contributed by atoms with Crippen molar-refractivity contribution in [1.29, 1.82) is 0 Å². The molecule has 0 atom stereocenters. The molecule has 96 valence electrons. The predicted octanol–water partition coefficient (Wildman–Crippen LogP) is 1.19. The van der Waals surface area contributed by atoms with Crippen LogP contribution in [0.25, 0.3) is 0 Å². The Morgan fingerprint density at radius 3 is 2.56 bits per heavy atom. The molecular weight excluding hydrogens is 230 g/mol. The van der Waals surface area contributed by atoms with Gasteiger partial charge in [-0.15, -0.1) is 0 Å². The molecule has 0 bridgehead atoms. The van der Waals surface area contributed by atoms with Gasteiger partial charge >= 0.3 is 0 Å². The van der Waals surface area contributed by atoms with Crippen molar-refractivity contribution in [3.05, 3.63) is 27.4 Å². The number of nitrogens with zero attached hydrogens (tertiary/aromatic N) is 2. The van der Waals surface area contributed by atoms with Crippen LogP contribution in [0.15, 0.2) is 4.79 Å². The fourth-order valence-corrected chi connectivity index (χ4v) is 2.49. The highest BCUT2D eigenvalue weighted by Crippen LogP contribution is 2.37. The van der Waals surface area contributed by atoms with E-state index < -0.39 is 0 Å². The Morgan fingerprint density at radius 1 is 1.33 bits per heavy atom. The Labute approximate surface area is 105 Å². The molecular formula is C13H17N3O2. The van der Waals surface area contributed by atoms with Crippen molar-refractivity contribution in [2.24, 2.45) is 0 Å². The molecule has 1 N–H and O–H groups in total. The van der Waals surface area contributed by atoms with Gasteiger partial charge in [0, 0.05) is 19.0 Å². The highest BCUT2D eigenvalue weighted by Gasteiger charge is 2.29. The molecule has 2 fully saturated rings. The number of carbonyl (C=O) groups is 1. The van der Waals surface area contributed by atoms with Gasteiger partial charge in [-0.05, 0) is 32.6 Å². The topological polar surface area (TPSA) is 66.1 Å². The Morgan fingerprint density at radius 2 is 2.00 bits per heavy atom. The van der Waals surface area contributed by atoms with Crippen LogP contribution in [0.3, 0.4) is 0 Å². The van der Waals surface area contributed by atoms with Crippen molar-refractivity contribution < 1.29 is 4.79 Å². The third-order valence-corrected chi connectivity index (χ3v) is 3.69. The molecule has 2 heterocycles. The monoisotopic (exact) mass is 247 g/mol. The molecule has 0 radical (unpaired) electrons. The highest BCUT2D eigenvalue weighted by atomic mass is 16.2. The molecule has 2 aliphatic rings. The minimum absolute atomic E-state index is 0.166. The number of aromatic amines is 1. The van der Waals surface area contributed by atoms with Gasteiger partial charge in [0.2, 0.25) is 0 Å². The SMILES string of the molecule is Cc1nc(C2CC2)[nH]c(=O)c1C(=O)N1CCCC1. The van der Waals surface area contributed by atoms with Crippen molar-refractivity contribution in [3.8, 4) is 0 Å². The Kier molecular flexibility index (Phi) is 2.69. The summed E-state index contributed by atoms with van der Waals surface area (Å²) in [6.07, 6.45) is 4.22. The number of nitrogens with one attached hydrogen (secondary N) is 1. The third kappa shape index (κ3) is 1.94. The lowest BCUT2D eigenvalue weighted by Crippen LogP contribution is -2.34. The number of aryl methyl sites for hydroxylation is 1. The van der Waals surface area contributed by atoms with Crippen LogP contribution in [0.2, 0.25) is 0 Å². The first-order valence-electron chi connectivity index (χ1n) is 6.57. The van der Waals surface area contributed by atoms with Crippen molar-refractivity contribution in [1.82, 2.24) is 14.9 Å². The van der Waals surface area contributed by atoms with Gasteiger partial charge in [-0.3, -0.25) is 9.59 Å². The molecule has 1 aliphatic carbocycles. The van der Waals surface area contributed by atoms with Crippen LogP contribution >= 0.6 is 0 Å². The van der Waals surface area contributed by atoms with E-state index in [-0.39, 0.29) is 17.0 Å². The highest BCUT2D eigenvalue weighted by molar-refractivity contribution is 5.95. The van der Waals surface area contributed by atoms with Gasteiger partial charge in [0.25, 0.3) is 11.5 Å². The second-order valence-corrected chi connectivity index (χ2v) is 5.19. The molecule has 0 spiro atoms. The summed E-state index contributed by atoms with van der Waals surface area (Å²) < 4.78 is 0. The number of carbonyl (C=O) groups excluding carboxylic acids is 1. The summed E-state index contributed by atoms with van der Waals surface area (Å²) in [5.41, 5.74) is 0.514. The van der Waals surface area contributed by atoms with Crippen molar-refractivity contribution in [2.45, 2.75) is 38.5 Å². The molecule has 1 aliphatic heterocycles. The fourth-order valence-electron chi connectivity index (χ4n) is 2.49. The molecule has 5 heteroatoms. The molecule has 18 heavy (non-hydrogen) atoms. The molecule has 3 rings (SSSR count). The first kappa shape index (κ1) is 11.4. The van der Waals surface area contributed by atoms with Crippen molar-refractivity contribution in [2.75, 3.05) is 13.1 Å². The molecule has 1 saturated carbocycles. The van der Waals surface area contributed by atoms with Crippen LogP contribution in [-0.2, 0) is 0 Å². The maximum Gasteiger partial charge on any atom is 0.264 e. The van der Waals surface area contributed by atoms with Crippen LogP contribution in [0.4, 0.5) is 0 Å². The zero-order valence-electron chi connectivity index (χ0n) is 10.5. The summed E-state index contributed by atoms with van der Waals surface area (Å²) in [5, 5.41) is 0. The first-order chi connectivity index (χ1) is 8.66. The summed E-state index contributed by atoms with van der Waals surface area (Å²) in [4.78, 5) is 33.2. The quantitative estimate of drug-likeness (QED) is 0.853. The van der Waals surface area contributed by atoms with E-state index in [1.807, 2.05) is 0 Å². The summed E-state index contributed by atoms with van der Waals surface area (Å²) in [6.45, 7) is 3.26. The Bertz CT molecular complexity index is 540. The van der Waals surface area contributed by atoms with E-state index in [0.29, 0.717) is 11.6 Å². The van der Waals surface area contributed by atoms with E-state index in [2.05, 4.69) is 9.97 Å². The zero-order chi connectivity index (χ0) is 12.7. The molecule has 5 nitrogen and oxygen atoms in total. The Hall–Kier alpha value is -1.65. The largest absolute Gasteiger partial charge is 0.338 e. The number of rotatable bonds is 2. The fraction of sp³-hybridized carbons (Fsp3) is 0.615. The normalized spacial score (nSPS) is 19.3. The van der Waals surface area contributed by atoms with Gasteiger partial charge in [0.05, 0.1) is 5.69 Å². The van der Waals surface area contributed by atoms with Crippen molar-refractivity contribution in [3.63, 3.8) is 0 Å². The minimum Gasteiger partial charge on any atom is -0.338 e. The number of hydrogen-bond donors (Lipinski definition) is 1. The van der Waals surface area contributed by atoms with Gasteiger partial charge in [0.1, 0.15) is 11.4 Å². The summed E-state index contributed by atoms with van der Waals surface area (Å²) in [7, 11) is 0. The number of hydrogen-bond acceptors (Lipinski definition) is 3. The zero-order valence-corrected chi connectivity index (χ0v) is 10.5. The lowest BCUT2D eigenvalue weighted by atomic mass is 10.2. The van der Waals surface area contributed by atoms with Crippen LogP contribution in [0.1, 0.15) is 53.5 Å². The lowest BCUT2D eigenvalue weighted by Gasteiger charge is -2.15. The van der Waals surface area contributed by atoms with E-state index in [0.717, 1.165) is 44.6 Å². The lowest BCUT2D eigenvalue weighted by molar-refractivity contribution is 0.0789. The predicted molar refractivity (Wildman–Crippen MR) is 66.7 cm³/mol. The summed E-state index contributed by atoms with van der Waals surface area (Å²) in [5.74, 6) is 0.976. The second kappa shape index (κ2) is 4.23. The van der Waals surface area contributed by atoms with Crippen LogP contribution < -0.4 is 5.56 Å². The molecule has 0 aromatic carbocycles.